The third kappa shape index (κ3) is 5.47. The number of hydrogen-bond acceptors (Lipinski definition) is 6. The number of carbonyl (C=O) groups is 1. The molecule has 2 N–H and O–H groups in total. The lowest BCUT2D eigenvalue weighted by Crippen LogP contribution is -2.24. The molecule has 0 unspecified atom stereocenters. The fraction of sp³-hybridized carbons (Fsp3) is 0.125. The van der Waals surface area contributed by atoms with E-state index in [2.05, 4.69) is 27.6 Å². The number of nitrogens with zero attached hydrogens (tertiary/aromatic N) is 1. The average Bonchev–Trinajstić information content (AvgIpc) is 3.43. The molecular formula is C32H29N3O5. The van der Waals surface area contributed by atoms with Gasteiger partial charge in [-0.2, -0.15) is 0 Å². The van der Waals surface area contributed by atoms with Gasteiger partial charge in [0.25, 0.3) is 5.91 Å². The lowest BCUT2D eigenvalue weighted by atomic mass is 10.0. The van der Waals surface area contributed by atoms with Crippen LogP contribution in [0.15, 0.2) is 91.1 Å². The van der Waals surface area contributed by atoms with Crippen molar-refractivity contribution in [2.24, 2.45) is 0 Å². The normalized spacial score (nSPS) is 11.0. The molecule has 0 bridgehead atoms. The maximum absolute atomic E-state index is 12.7. The van der Waals surface area contributed by atoms with Crippen LogP contribution < -0.4 is 24.3 Å². The summed E-state index contributed by atoms with van der Waals surface area (Å²) in [4.78, 5) is 12.7. The van der Waals surface area contributed by atoms with E-state index in [9.17, 15) is 4.79 Å². The summed E-state index contributed by atoms with van der Waals surface area (Å²) >= 11 is 0. The molecule has 0 spiro atoms. The standard InChI is InChI=1S/C32H29N3O5/c1-37-26-18-24(19-27(38-2)31(26)39-3)30-29(23-11-5-4-6-12-23)32(35-34-30)40-20-28(36)33-17-16-22-14-9-13-21-10-7-8-15-25(21)22/h4-19H,20H2,1-3H3,(H,33,36)(H,34,35). The molecule has 0 aliphatic carbocycles. The molecule has 4 aromatic carbocycles. The molecule has 0 atom stereocenters. The van der Waals surface area contributed by atoms with Crippen molar-refractivity contribution in [3.63, 3.8) is 0 Å². The van der Waals surface area contributed by atoms with Gasteiger partial charge in [-0.15, -0.1) is 5.10 Å². The highest BCUT2D eigenvalue weighted by molar-refractivity contribution is 5.91. The second-order valence-corrected chi connectivity index (χ2v) is 8.82. The number of carbonyl (C=O) groups excluding carboxylic acids is 1. The van der Waals surface area contributed by atoms with Crippen LogP contribution in [0.2, 0.25) is 0 Å². The first kappa shape index (κ1) is 26.4. The summed E-state index contributed by atoms with van der Waals surface area (Å²) in [5.74, 6) is 1.48. The number of nitrogens with one attached hydrogen (secondary N) is 2. The lowest BCUT2D eigenvalue weighted by molar-refractivity contribution is -0.122. The first-order valence-electron chi connectivity index (χ1n) is 12.6. The quantitative estimate of drug-likeness (QED) is 0.225. The number of ether oxygens (including phenoxy) is 4. The van der Waals surface area contributed by atoms with Crippen LogP contribution in [0.5, 0.6) is 23.1 Å². The van der Waals surface area contributed by atoms with Gasteiger partial charge in [-0.1, -0.05) is 72.8 Å². The summed E-state index contributed by atoms with van der Waals surface area (Å²) in [6.45, 7) is -0.223. The van der Waals surface area contributed by atoms with Crippen LogP contribution in [-0.2, 0) is 4.79 Å². The summed E-state index contributed by atoms with van der Waals surface area (Å²) in [7, 11) is 4.68. The minimum Gasteiger partial charge on any atom is -0.493 e. The van der Waals surface area contributed by atoms with Gasteiger partial charge in [0.1, 0.15) is 0 Å². The van der Waals surface area contributed by atoms with Gasteiger partial charge in [0.15, 0.2) is 18.1 Å². The van der Waals surface area contributed by atoms with Crippen LogP contribution in [0.4, 0.5) is 0 Å². The van der Waals surface area contributed by atoms with Crippen LogP contribution >= 0.6 is 0 Å². The van der Waals surface area contributed by atoms with E-state index in [4.69, 9.17) is 18.9 Å². The third-order valence-electron chi connectivity index (χ3n) is 6.42. The molecule has 8 heteroatoms. The van der Waals surface area contributed by atoms with Crippen LogP contribution in [0, 0.1) is 0 Å². The predicted octanol–water partition coefficient (Wildman–Crippen LogP) is 6.09. The molecule has 0 radical (unpaired) electrons. The zero-order valence-corrected chi connectivity index (χ0v) is 22.4. The average molecular weight is 536 g/mol. The summed E-state index contributed by atoms with van der Waals surface area (Å²) in [6, 6.07) is 27.5. The molecule has 0 saturated carbocycles. The zero-order valence-electron chi connectivity index (χ0n) is 22.4. The van der Waals surface area contributed by atoms with Crippen LogP contribution in [0.25, 0.3) is 39.2 Å². The van der Waals surface area contributed by atoms with Crippen molar-refractivity contribution >= 4 is 22.8 Å². The maximum Gasteiger partial charge on any atom is 0.261 e. The van der Waals surface area contributed by atoms with Crippen molar-refractivity contribution in [3.05, 3.63) is 96.7 Å². The summed E-state index contributed by atoms with van der Waals surface area (Å²) in [5.41, 5.74) is 4.00. The third-order valence-corrected chi connectivity index (χ3v) is 6.42. The van der Waals surface area contributed by atoms with Gasteiger partial charge in [0.2, 0.25) is 11.6 Å². The second-order valence-electron chi connectivity index (χ2n) is 8.82. The predicted molar refractivity (Wildman–Crippen MR) is 156 cm³/mol. The van der Waals surface area contributed by atoms with E-state index in [0.29, 0.717) is 34.4 Å². The van der Waals surface area contributed by atoms with E-state index in [1.807, 2.05) is 78.9 Å². The van der Waals surface area contributed by atoms with Crippen LogP contribution in [0.1, 0.15) is 5.56 Å². The Morgan fingerprint density at radius 3 is 2.27 bits per heavy atom. The maximum atomic E-state index is 12.7. The van der Waals surface area contributed by atoms with Gasteiger partial charge < -0.3 is 24.3 Å². The molecule has 1 aromatic heterocycles. The minimum absolute atomic E-state index is 0.223. The number of benzene rings is 4. The highest BCUT2D eigenvalue weighted by Crippen LogP contribution is 2.44. The van der Waals surface area contributed by atoms with Gasteiger partial charge in [0.05, 0.1) is 32.6 Å². The summed E-state index contributed by atoms with van der Waals surface area (Å²) in [6.07, 6.45) is 3.49. The number of aromatic amines is 1. The number of aromatic nitrogens is 2. The van der Waals surface area contributed by atoms with E-state index in [1.54, 1.807) is 27.5 Å². The molecule has 8 nitrogen and oxygen atoms in total. The topological polar surface area (TPSA) is 94.7 Å². The van der Waals surface area contributed by atoms with E-state index in [0.717, 1.165) is 27.5 Å². The Balaban J connectivity index is 1.38. The fourth-order valence-corrected chi connectivity index (χ4v) is 4.53. The van der Waals surface area contributed by atoms with Gasteiger partial charge in [-0.05, 0) is 40.1 Å². The van der Waals surface area contributed by atoms with Crippen molar-refractivity contribution in [2.45, 2.75) is 0 Å². The molecule has 5 aromatic rings. The largest absolute Gasteiger partial charge is 0.493 e. The Hall–Kier alpha value is -5.24. The molecule has 1 amide bonds. The minimum atomic E-state index is -0.312. The SMILES string of the molecule is COc1cc(-c2[nH]nc(OCC(=O)NC=Cc3cccc4ccccc34)c2-c2ccccc2)cc(OC)c1OC. The van der Waals surface area contributed by atoms with Crippen molar-refractivity contribution < 1.29 is 23.7 Å². The number of methoxy groups -OCH3 is 3. The van der Waals surface area contributed by atoms with Crippen LogP contribution in [0.3, 0.4) is 0 Å². The number of fused-ring (bicyclic) bond motifs is 1. The Morgan fingerprint density at radius 1 is 0.850 bits per heavy atom. The van der Waals surface area contributed by atoms with Crippen LogP contribution in [-0.4, -0.2) is 44.0 Å². The molecule has 0 aliphatic rings. The Labute approximate surface area is 232 Å². The molecule has 5 rings (SSSR count). The zero-order chi connectivity index (χ0) is 27.9. The summed E-state index contributed by atoms with van der Waals surface area (Å²) in [5, 5.41) is 12.5. The molecule has 40 heavy (non-hydrogen) atoms. The molecular weight excluding hydrogens is 506 g/mol. The van der Waals surface area contributed by atoms with Gasteiger partial charge in [-0.3, -0.25) is 9.89 Å². The number of amides is 1. The molecule has 0 saturated heterocycles. The van der Waals surface area contributed by atoms with Gasteiger partial charge in [-0.25, -0.2) is 0 Å². The Bertz CT molecular complexity index is 1630. The highest BCUT2D eigenvalue weighted by Gasteiger charge is 2.22. The lowest BCUT2D eigenvalue weighted by Gasteiger charge is -2.14. The smallest absolute Gasteiger partial charge is 0.261 e. The van der Waals surface area contributed by atoms with Crippen molar-refractivity contribution in [1.82, 2.24) is 15.5 Å². The second kappa shape index (κ2) is 12.1. The van der Waals surface area contributed by atoms with E-state index in [1.165, 1.54) is 0 Å². The highest BCUT2D eigenvalue weighted by atomic mass is 16.5. The van der Waals surface area contributed by atoms with Gasteiger partial charge >= 0.3 is 0 Å². The number of hydrogen-bond donors (Lipinski definition) is 2. The Kier molecular flexibility index (Phi) is 7.97. The van der Waals surface area contributed by atoms with E-state index in [-0.39, 0.29) is 12.5 Å². The molecule has 202 valence electrons. The molecule has 0 fully saturated rings. The Morgan fingerprint density at radius 2 is 1.55 bits per heavy atom. The van der Waals surface area contributed by atoms with Crippen molar-refractivity contribution in [2.75, 3.05) is 27.9 Å². The van der Waals surface area contributed by atoms with E-state index >= 15 is 0 Å². The van der Waals surface area contributed by atoms with Crippen molar-refractivity contribution in [3.8, 4) is 45.5 Å². The molecule has 0 aliphatic heterocycles. The first-order valence-corrected chi connectivity index (χ1v) is 12.6. The first-order chi connectivity index (χ1) is 19.6. The van der Waals surface area contributed by atoms with Crippen molar-refractivity contribution in [1.29, 1.82) is 0 Å². The molecule has 1 heterocycles. The monoisotopic (exact) mass is 535 g/mol. The number of H-pyrrole nitrogens is 1. The fourth-order valence-electron chi connectivity index (χ4n) is 4.53. The number of rotatable bonds is 10. The summed E-state index contributed by atoms with van der Waals surface area (Å²) < 4.78 is 22.4. The van der Waals surface area contributed by atoms with Gasteiger partial charge in [0, 0.05) is 11.8 Å². The van der Waals surface area contributed by atoms with E-state index < -0.39 is 0 Å².